The summed E-state index contributed by atoms with van der Waals surface area (Å²) in [7, 11) is 1.43. The molecule has 1 saturated carbocycles. The Hall–Kier alpha value is -1.36. The summed E-state index contributed by atoms with van der Waals surface area (Å²) in [6.45, 7) is 0.522. The van der Waals surface area contributed by atoms with E-state index < -0.39 is 0 Å². The van der Waals surface area contributed by atoms with E-state index in [0.29, 0.717) is 12.1 Å². The van der Waals surface area contributed by atoms with Crippen LogP contribution in [0.2, 0.25) is 0 Å². The number of rotatable bonds is 4. The first kappa shape index (κ1) is 16.0. The maximum absolute atomic E-state index is 12.1. The molecule has 0 radical (unpaired) electrons. The van der Waals surface area contributed by atoms with Gasteiger partial charge in [-0.3, -0.25) is 9.59 Å². The lowest BCUT2D eigenvalue weighted by Gasteiger charge is -2.29. The Kier molecular flexibility index (Phi) is 5.79. The van der Waals surface area contributed by atoms with Crippen LogP contribution >= 0.6 is 15.9 Å². The van der Waals surface area contributed by atoms with Crippen LogP contribution in [0.25, 0.3) is 0 Å². The van der Waals surface area contributed by atoms with E-state index in [4.69, 9.17) is 4.74 Å². The predicted octanol–water partition coefficient (Wildman–Crippen LogP) is 3.16. The number of hydrogen-bond acceptors (Lipinski definition) is 3. The highest BCUT2D eigenvalue weighted by molar-refractivity contribution is 9.10. The van der Waals surface area contributed by atoms with Gasteiger partial charge in [-0.25, -0.2) is 0 Å². The minimum Gasteiger partial charge on any atom is -0.469 e. The Morgan fingerprint density at radius 1 is 1.24 bits per heavy atom. The van der Waals surface area contributed by atoms with Crippen LogP contribution in [-0.2, 0) is 9.53 Å². The molecular weight excluding hydrogens is 334 g/mol. The Morgan fingerprint density at radius 3 is 2.57 bits per heavy atom. The number of esters is 1. The number of nitrogens with one attached hydrogen (secondary N) is 1. The van der Waals surface area contributed by atoms with Crippen molar-refractivity contribution < 1.29 is 14.3 Å². The normalized spacial score (nSPS) is 21.6. The molecule has 1 amide bonds. The van der Waals surface area contributed by atoms with E-state index in [2.05, 4.69) is 21.2 Å². The average molecular weight is 354 g/mol. The highest BCUT2D eigenvalue weighted by Crippen LogP contribution is 2.30. The molecule has 0 aromatic heterocycles. The zero-order valence-electron chi connectivity index (χ0n) is 12.1. The molecule has 0 aliphatic heterocycles. The smallest absolute Gasteiger partial charge is 0.309 e. The molecule has 0 heterocycles. The SMILES string of the molecule is COC(=O)C1CCCCC1CNC(=O)c1ccc(Br)cc1. The second kappa shape index (κ2) is 7.59. The number of carbonyl (C=O) groups excluding carboxylic acids is 2. The summed E-state index contributed by atoms with van der Waals surface area (Å²) in [6, 6.07) is 7.23. The van der Waals surface area contributed by atoms with Gasteiger partial charge < -0.3 is 10.1 Å². The van der Waals surface area contributed by atoms with Gasteiger partial charge in [-0.1, -0.05) is 28.8 Å². The molecule has 0 saturated heterocycles. The van der Waals surface area contributed by atoms with Crippen molar-refractivity contribution in [2.45, 2.75) is 25.7 Å². The Labute approximate surface area is 133 Å². The summed E-state index contributed by atoms with van der Waals surface area (Å²) < 4.78 is 5.81. The molecule has 0 spiro atoms. The summed E-state index contributed by atoms with van der Waals surface area (Å²) in [4.78, 5) is 23.9. The fraction of sp³-hybridized carbons (Fsp3) is 0.500. The van der Waals surface area contributed by atoms with E-state index in [1.165, 1.54) is 7.11 Å². The molecule has 4 nitrogen and oxygen atoms in total. The van der Waals surface area contributed by atoms with Gasteiger partial charge >= 0.3 is 5.97 Å². The summed E-state index contributed by atoms with van der Waals surface area (Å²) in [6.07, 6.45) is 3.97. The second-order valence-electron chi connectivity index (χ2n) is 5.39. The van der Waals surface area contributed by atoms with Gasteiger partial charge in [-0.05, 0) is 43.0 Å². The lowest BCUT2D eigenvalue weighted by Crippen LogP contribution is -2.37. The van der Waals surface area contributed by atoms with Crippen molar-refractivity contribution >= 4 is 27.8 Å². The number of hydrogen-bond donors (Lipinski definition) is 1. The fourth-order valence-electron chi connectivity index (χ4n) is 2.84. The molecule has 1 aliphatic rings. The number of halogens is 1. The van der Waals surface area contributed by atoms with Crippen molar-refractivity contribution in [1.29, 1.82) is 0 Å². The lowest BCUT2D eigenvalue weighted by atomic mass is 9.79. The molecule has 1 fully saturated rings. The van der Waals surface area contributed by atoms with Gasteiger partial charge in [0.2, 0.25) is 0 Å². The van der Waals surface area contributed by atoms with E-state index in [1.807, 2.05) is 12.1 Å². The highest BCUT2D eigenvalue weighted by Gasteiger charge is 2.31. The van der Waals surface area contributed by atoms with Crippen LogP contribution in [0.1, 0.15) is 36.0 Å². The number of carbonyl (C=O) groups is 2. The first-order valence-corrected chi connectivity index (χ1v) is 8.02. The van der Waals surface area contributed by atoms with E-state index in [-0.39, 0.29) is 23.7 Å². The molecule has 2 atom stereocenters. The maximum atomic E-state index is 12.1. The lowest BCUT2D eigenvalue weighted by molar-refractivity contribution is -0.148. The number of amides is 1. The predicted molar refractivity (Wildman–Crippen MR) is 83.9 cm³/mol. The molecule has 0 bridgehead atoms. The first-order valence-electron chi connectivity index (χ1n) is 7.23. The van der Waals surface area contributed by atoms with Crippen LogP contribution in [-0.4, -0.2) is 25.5 Å². The van der Waals surface area contributed by atoms with Gasteiger partial charge in [0.1, 0.15) is 0 Å². The van der Waals surface area contributed by atoms with Gasteiger partial charge in [0, 0.05) is 16.6 Å². The van der Waals surface area contributed by atoms with Crippen molar-refractivity contribution in [3.63, 3.8) is 0 Å². The molecule has 114 valence electrons. The topological polar surface area (TPSA) is 55.4 Å². The third-order valence-corrected chi connectivity index (χ3v) is 4.57. The van der Waals surface area contributed by atoms with Gasteiger partial charge in [0.15, 0.2) is 0 Å². The van der Waals surface area contributed by atoms with Crippen molar-refractivity contribution in [2.24, 2.45) is 11.8 Å². The van der Waals surface area contributed by atoms with Crippen molar-refractivity contribution in [3.8, 4) is 0 Å². The van der Waals surface area contributed by atoms with Gasteiger partial charge in [0.25, 0.3) is 5.91 Å². The zero-order chi connectivity index (χ0) is 15.2. The van der Waals surface area contributed by atoms with Crippen molar-refractivity contribution in [1.82, 2.24) is 5.32 Å². The minimum atomic E-state index is -0.155. The van der Waals surface area contributed by atoms with Crippen molar-refractivity contribution in [2.75, 3.05) is 13.7 Å². The zero-order valence-corrected chi connectivity index (χ0v) is 13.7. The molecule has 1 N–H and O–H groups in total. The molecule has 1 aliphatic carbocycles. The van der Waals surface area contributed by atoms with Crippen LogP contribution in [0.15, 0.2) is 28.7 Å². The van der Waals surface area contributed by atoms with Gasteiger partial charge in [0.05, 0.1) is 13.0 Å². The molecule has 5 heteroatoms. The third kappa shape index (κ3) is 4.30. The van der Waals surface area contributed by atoms with Crippen LogP contribution in [0, 0.1) is 11.8 Å². The van der Waals surface area contributed by atoms with E-state index >= 15 is 0 Å². The standard InChI is InChI=1S/C16H20BrNO3/c1-21-16(20)14-5-3-2-4-12(14)10-18-15(19)11-6-8-13(17)9-7-11/h6-9,12,14H,2-5,10H2,1H3,(H,18,19). The van der Waals surface area contributed by atoms with Crippen LogP contribution < -0.4 is 5.32 Å². The van der Waals surface area contributed by atoms with Gasteiger partial charge in [-0.2, -0.15) is 0 Å². The minimum absolute atomic E-state index is 0.0889. The molecule has 1 aromatic rings. The van der Waals surface area contributed by atoms with Crippen LogP contribution in [0.5, 0.6) is 0 Å². The van der Waals surface area contributed by atoms with E-state index in [9.17, 15) is 9.59 Å². The summed E-state index contributed by atoms with van der Waals surface area (Å²) in [5.74, 6) is -0.172. The number of ether oxygens (including phenoxy) is 1. The Morgan fingerprint density at radius 2 is 1.90 bits per heavy atom. The number of methoxy groups -OCH3 is 1. The molecular formula is C16H20BrNO3. The molecule has 1 aromatic carbocycles. The summed E-state index contributed by atoms with van der Waals surface area (Å²) in [5.41, 5.74) is 0.628. The van der Waals surface area contributed by atoms with Crippen LogP contribution in [0.4, 0.5) is 0 Å². The second-order valence-corrected chi connectivity index (χ2v) is 6.31. The first-order chi connectivity index (χ1) is 10.1. The quantitative estimate of drug-likeness (QED) is 0.845. The average Bonchev–Trinajstić information content (AvgIpc) is 2.52. The molecule has 21 heavy (non-hydrogen) atoms. The highest BCUT2D eigenvalue weighted by atomic mass is 79.9. The third-order valence-electron chi connectivity index (χ3n) is 4.04. The monoisotopic (exact) mass is 353 g/mol. The maximum Gasteiger partial charge on any atom is 0.309 e. The Bertz CT molecular complexity index is 501. The molecule has 2 rings (SSSR count). The number of benzene rings is 1. The van der Waals surface area contributed by atoms with E-state index in [0.717, 1.165) is 30.2 Å². The van der Waals surface area contributed by atoms with Gasteiger partial charge in [-0.15, -0.1) is 0 Å². The summed E-state index contributed by atoms with van der Waals surface area (Å²) in [5, 5.41) is 2.94. The Balaban J connectivity index is 1.92. The summed E-state index contributed by atoms with van der Waals surface area (Å²) >= 11 is 3.34. The fourth-order valence-corrected chi connectivity index (χ4v) is 3.11. The molecule has 2 unspecified atom stereocenters. The van der Waals surface area contributed by atoms with E-state index in [1.54, 1.807) is 12.1 Å². The van der Waals surface area contributed by atoms with Crippen LogP contribution in [0.3, 0.4) is 0 Å². The van der Waals surface area contributed by atoms with Crippen molar-refractivity contribution in [3.05, 3.63) is 34.3 Å². The largest absolute Gasteiger partial charge is 0.469 e.